The number of allylic oxidation sites excluding steroid dienone is 1. The molecule has 2 rings (SSSR count). The fourth-order valence-corrected chi connectivity index (χ4v) is 4.84. The van der Waals surface area contributed by atoms with Crippen LogP contribution < -0.4 is 11.1 Å². The number of ketones is 1. The topological polar surface area (TPSA) is 110 Å². The molecule has 0 radical (unpaired) electrons. The van der Waals surface area contributed by atoms with Gasteiger partial charge in [0, 0.05) is 24.6 Å². The first-order chi connectivity index (χ1) is 12.4. The Morgan fingerprint density at radius 3 is 2.54 bits per heavy atom. The number of nitrogens with one attached hydrogen (secondary N) is 1. The van der Waals surface area contributed by atoms with Crippen LogP contribution in [0.3, 0.4) is 0 Å². The second-order valence-electron chi connectivity index (χ2n) is 6.94. The van der Waals surface area contributed by atoms with Gasteiger partial charge in [-0.05, 0) is 44.7 Å². The Hall–Kier alpha value is -1.67. The number of likely N-dealkylation sites (tertiary alicyclic amines) is 1. The first-order valence-electron chi connectivity index (χ1n) is 8.96. The average Bonchev–Trinajstić information content (AvgIpc) is 2.89. The zero-order valence-electron chi connectivity index (χ0n) is 15.1. The summed E-state index contributed by atoms with van der Waals surface area (Å²) in [5, 5.41) is 2.36. The number of primary amides is 1. The molecule has 0 aromatic carbocycles. The summed E-state index contributed by atoms with van der Waals surface area (Å²) in [6, 6.07) is -0.519. The number of amides is 3. The number of nitrogens with two attached hydrogens (primary N) is 1. The molecule has 1 saturated carbocycles. The molecule has 1 aliphatic carbocycles. The van der Waals surface area contributed by atoms with Crippen molar-refractivity contribution in [1.82, 2.24) is 10.2 Å². The molecule has 7 nitrogen and oxygen atoms in total. The molecule has 0 bridgehead atoms. The third-order valence-electron chi connectivity index (χ3n) is 5.25. The van der Waals surface area contributed by atoms with E-state index in [0.29, 0.717) is 12.3 Å². The molecule has 0 aromatic rings. The number of hydrogen-bond donors (Lipinski definition) is 2. The summed E-state index contributed by atoms with van der Waals surface area (Å²) >= 11 is 1.30. The second-order valence-corrected chi connectivity index (χ2v) is 8.17. The number of likely N-dealkylation sites (N-methyl/N-ethyl adjacent to an activating group) is 1. The van der Waals surface area contributed by atoms with Crippen LogP contribution in [0.1, 0.15) is 32.1 Å². The number of carbonyl (C=O) groups is 4. The number of nitrogens with zero attached hydrogens (tertiary/aromatic N) is 1. The molecule has 1 aliphatic heterocycles. The van der Waals surface area contributed by atoms with Gasteiger partial charge in [-0.2, -0.15) is 0 Å². The van der Waals surface area contributed by atoms with Crippen LogP contribution in [-0.2, 0) is 19.2 Å². The predicted molar refractivity (Wildman–Crippen MR) is 100 cm³/mol. The maximum Gasteiger partial charge on any atom is 0.242 e. The monoisotopic (exact) mass is 381 g/mol. The van der Waals surface area contributed by atoms with E-state index < -0.39 is 17.2 Å². The molecule has 1 heterocycles. The smallest absolute Gasteiger partial charge is 0.242 e. The lowest BCUT2D eigenvalue weighted by Gasteiger charge is -2.29. The molecular formula is C18H27N3O4S. The summed E-state index contributed by atoms with van der Waals surface area (Å²) in [5.41, 5.74) is 5.28. The van der Waals surface area contributed by atoms with Gasteiger partial charge in [-0.1, -0.05) is 6.58 Å². The first-order valence-corrected chi connectivity index (χ1v) is 10.0. The molecule has 1 saturated heterocycles. The number of thioether (sulfide) groups is 1. The van der Waals surface area contributed by atoms with E-state index in [1.54, 1.807) is 7.05 Å². The Balaban J connectivity index is 1.84. The van der Waals surface area contributed by atoms with Gasteiger partial charge in [0.1, 0.15) is 0 Å². The van der Waals surface area contributed by atoms with Gasteiger partial charge in [-0.3, -0.25) is 24.1 Å². The molecule has 2 fully saturated rings. The van der Waals surface area contributed by atoms with Crippen LogP contribution in [-0.4, -0.2) is 59.0 Å². The molecule has 2 atom stereocenters. The molecular weight excluding hydrogens is 354 g/mol. The zero-order valence-corrected chi connectivity index (χ0v) is 15.9. The maximum atomic E-state index is 12.6. The Bertz CT molecular complexity index is 587. The van der Waals surface area contributed by atoms with Gasteiger partial charge in [-0.15, -0.1) is 11.8 Å². The van der Waals surface area contributed by atoms with Crippen molar-refractivity contribution in [3.05, 3.63) is 12.7 Å². The molecule has 0 spiro atoms. The number of carbonyl (C=O) groups excluding carboxylic acids is 4. The van der Waals surface area contributed by atoms with E-state index in [4.69, 9.17) is 5.73 Å². The van der Waals surface area contributed by atoms with Crippen LogP contribution in [0, 0.1) is 11.8 Å². The van der Waals surface area contributed by atoms with Crippen LogP contribution in [0.5, 0.6) is 0 Å². The van der Waals surface area contributed by atoms with Gasteiger partial charge in [0.25, 0.3) is 0 Å². The van der Waals surface area contributed by atoms with E-state index in [-0.39, 0.29) is 35.9 Å². The quantitative estimate of drug-likeness (QED) is 0.444. The normalized spacial score (nSPS) is 27.4. The summed E-state index contributed by atoms with van der Waals surface area (Å²) in [5.74, 6) is -0.0831. The van der Waals surface area contributed by atoms with Crippen molar-refractivity contribution in [2.75, 3.05) is 19.3 Å². The molecule has 26 heavy (non-hydrogen) atoms. The highest BCUT2D eigenvalue weighted by Crippen LogP contribution is 2.32. The summed E-state index contributed by atoms with van der Waals surface area (Å²) < 4.78 is 0. The van der Waals surface area contributed by atoms with Gasteiger partial charge in [0.15, 0.2) is 5.78 Å². The van der Waals surface area contributed by atoms with E-state index in [0.717, 1.165) is 25.7 Å². The summed E-state index contributed by atoms with van der Waals surface area (Å²) in [6.07, 6.45) is 4.79. The minimum atomic E-state index is -0.519. The molecule has 144 valence electrons. The highest BCUT2D eigenvalue weighted by molar-refractivity contribution is 8.00. The van der Waals surface area contributed by atoms with Crippen LogP contribution in [0.25, 0.3) is 0 Å². The van der Waals surface area contributed by atoms with Gasteiger partial charge >= 0.3 is 0 Å². The lowest BCUT2D eigenvalue weighted by molar-refractivity contribution is -0.139. The fraction of sp³-hybridized carbons (Fsp3) is 0.667. The summed E-state index contributed by atoms with van der Waals surface area (Å²) in [6.45, 7) is 3.96. The van der Waals surface area contributed by atoms with Crippen molar-refractivity contribution in [1.29, 1.82) is 0 Å². The van der Waals surface area contributed by atoms with Crippen LogP contribution >= 0.6 is 11.8 Å². The lowest BCUT2D eigenvalue weighted by atomic mass is 9.80. The summed E-state index contributed by atoms with van der Waals surface area (Å²) in [4.78, 5) is 49.1. The molecule has 1 unspecified atom stereocenters. The van der Waals surface area contributed by atoms with E-state index >= 15 is 0 Å². The molecule has 3 N–H and O–H groups in total. The predicted octanol–water partition coefficient (Wildman–Crippen LogP) is 0.482. The van der Waals surface area contributed by atoms with Gasteiger partial charge in [0.05, 0.1) is 11.3 Å². The van der Waals surface area contributed by atoms with E-state index in [2.05, 4.69) is 11.9 Å². The third kappa shape index (κ3) is 4.94. The van der Waals surface area contributed by atoms with E-state index in [1.807, 2.05) is 0 Å². The van der Waals surface area contributed by atoms with Gasteiger partial charge in [-0.25, -0.2) is 0 Å². The SMILES string of the molecule is C=CC(=O)C1CCC(CN2C(=O)CC(SC[C@H](NC)C(N)=O)C2=O)CC1. The fourth-order valence-electron chi connectivity index (χ4n) is 3.55. The van der Waals surface area contributed by atoms with Crippen molar-refractivity contribution in [2.45, 2.75) is 43.4 Å². The maximum absolute atomic E-state index is 12.6. The van der Waals surface area contributed by atoms with E-state index in [9.17, 15) is 19.2 Å². The average molecular weight is 381 g/mol. The Morgan fingerprint density at radius 1 is 1.35 bits per heavy atom. The summed E-state index contributed by atoms with van der Waals surface area (Å²) in [7, 11) is 1.64. The van der Waals surface area contributed by atoms with Crippen LogP contribution in [0.2, 0.25) is 0 Å². The Labute approximate surface area is 158 Å². The Morgan fingerprint density at radius 2 is 2.00 bits per heavy atom. The van der Waals surface area contributed by atoms with E-state index in [1.165, 1.54) is 22.7 Å². The highest BCUT2D eigenvalue weighted by Gasteiger charge is 2.40. The van der Waals surface area contributed by atoms with Crippen LogP contribution in [0.4, 0.5) is 0 Å². The number of imide groups is 1. The Kier molecular flexibility index (Phi) is 7.40. The molecule has 0 aromatic heterocycles. The standard InChI is InChI=1S/C18H27N3O4S/c1-3-14(22)12-6-4-11(5-7-12)9-21-16(23)8-15(18(21)25)26-10-13(20-2)17(19)24/h3,11-13,15,20H,1,4-10H2,2H3,(H2,19,24)/t11?,12?,13-,15?/m0/s1. The third-order valence-corrected chi connectivity index (χ3v) is 6.55. The molecule has 8 heteroatoms. The molecule has 3 amide bonds. The van der Waals surface area contributed by atoms with Crippen LogP contribution in [0.15, 0.2) is 12.7 Å². The highest BCUT2D eigenvalue weighted by atomic mass is 32.2. The molecule has 2 aliphatic rings. The largest absolute Gasteiger partial charge is 0.368 e. The first kappa shape index (κ1) is 20.6. The van der Waals surface area contributed by atoms with Crippen molar-refractivity contribution in [3.8, 4) is 0 Å². The van der Waals surface area contributed by atoms with Crippen molar-refractivity contribution in [2.24, 2.45) is 17.6 Å². The second kappa shape index (κ2) is 9.32. The minimum Gasteiger partial charge on any atom is -0.368 e. The van der Waals surface area contributed by atoms with Crippen molar-refractivity contribution in [3.63, 3.8) is 0 Å². The minimum absolute atomic E-state index is 0.0318. The number of hydrogen-bond acceptors (Lipinski definition) is 6. The van der Waals surface area contributed by atoms with Crippen molar-refractivity contribution < 1.29 is 19.2 Å². The van der Waals surface area contributed by atoms with Crippen molar-refractivity contribution >= 4 is 35.3 Å². The number of rotatable bonds is 9. The lowest BCUT2D eigenvalue weighted by Crippen LogP contribution is -2.42. The zero-order chi connectivity index (χ0) is 19.3. The van der Waals surface area contributed by atoms with Gasteiger partial charge < -0.3 is 11.1 Å². The van der Waals surface area contributed by atoms with Gasteiger partial charge in [0.2, 0.25) is 17.7 Å².